The molecule has 0 aliphatic heterocycles. The summed E-state index contributed by atoms with van der Waals surface area (Å²) in [5, 5.41) is 8.96. The molecular weight excluding hydrogens is 325 g/mol. The number of rotatable bonds is 4. The second-order valence-electron chi connectivity index (χ2n) is 4.17. The van der Waals surface area contributed by atoms with E-state index in [0.29, 0.717) is 16.7 Å². The highest BCUT2D eigenvalue weighted by atomic mass is 79.9. The van der Waals surface area contributed by atoms with Gasteiger partial charge in [-0.05, 0) is 53.2 Å². The number of hydrogen-bond donors (Lipinski definition) is 1. The minimum atomic E-state index is -0.994. The van der Waals surface area contributed by atoms with Gasteiger partial charge in [0.25, 0.3) is 0 Å². The van der Waals surface area contributed by atoms with Gasteiger partial charge in [0.1, 0.15) is 5.82 Å². The summed E-state index contributed by atoms with van der Waals surface area (Å²) in [6.45, 7) is 2.47. The van der Waals surface area contributed by atoms with Crippen LogP contribution in [0.25, 0.3) is 0 Å². The normalized spacial score (nSPS) is 10.3. The molecule has 0 fully saturated rings. The summed E-state index contributed by atoms with van der Waals surface area (Å²) in [4.78, 5) is 12.7. The molecule has 0 aromatic heterocycles. The summed E-state index contributed by atoms with van der Waals surface area (Å²) < 4.78 is 14.5. The molecule has 0 unspecified atom stereocenters. The Morgan fingerprint density at radius 3 is 2.50 bits per heavy atom. The van der Waals surface area contributed by atoms with Crippen LogP contribution in [0.15, 0.2) is 46.9 Å². The van der Waals surface area contributed by atoms with E-state index in [4.69, 9.17) is 5.11 Å². The van der Waals surface area contributed by atoms with Gasteiger partial charge in [0.2, 0.25) is 0 Å². The van der Waals surface area contributed by atoms with E-state index >= 15 is 0 Å². The first-order valence-corrected chi connectivity index (χ1v) is 6.88. The minimum Gasteiger partial charge on any atom is -0.478 e. The smallest absolute Gasteiger partial charge is 0.335 e. The quantitative estimate of drug-likeness (QED) is 0.896. The van der Waals surface area contributed by atoms with Crippen molar-refractivity contribution in [2.75, 3.05) is 11.4 Å². The van der Waals surface area contributed by atoms with Gasteiger partial charge in [0.15, 0.2) is 0 Å². The van der Waals surface area contributed by atoms with Crippen LogP contribution in [0, 0.1) is 5.82 Å². The second-order valence-corrected chi connectivity index (χ2v) is 5.02. The van der Waals surface area contributed by atoms with Crippen LogP contribution in [0.5, 0.6) is 0 Å². The molecule has 0 amide bonds. The molecule has 0 aliphatic carbocycles. The number of carboxylic acid groups (broad SMARTS) is 1. The Morgan fingerprint density at radius 1 is 1.25 bits per heavy atom. The molecule has 0 radical (unpaired) electrons. The van der Waals surface area contributed by atoms with Crippen LogP contribution in [0.4, 0.5) is 15.8 Å². The van der Waals surface area contributed by atoms with E-state index in [1.807, 2.05) is 6.92 Å². The Hall–Kier alpha value is -1.88. The summed E-state index contributed by atoms with van der Waals surface area (Å²) in [7, 11) is 0. The maximum Gasteiger partial charge on any atom is 0.335 e. The fourth-order valence-corrected chi connectivity index (χ4v) is 2.59. The molecule has 5 heteroatoms. The standard InChI is InChI=1S/C15H13BrFNO2/c1-2-18(14-6-4-3-5-12(14)17)13-8-7-10(15(19)20)9-11(13)16/h3-9H,2H2,1H3,(H,19,20). The van der Waals surface area contributed by atoms with Crippen LogP contribution < -0.4 is 4.90 Å². The van der Waals surface area contributed by atoms with Crippen molar-refractivity contribution in [1.29, 1.82) is 0 Å². The number of anilines is 2. The number of aromatic carboxylic acids is 1. The predicted octanol–water partition coefficient (Wildman–Crippen LogP) is 4.44. The second kappa shape index (κ2) is 6.05. The fraction of sp³-hybridized carbons (Fsp3) is 0.133. The third-order valence-corrected chi connectivity index (χ3v) is 3.58. The highest BCUT2D eigenvalue weighted by Gasteiger charge is 2.15. The molecule has 0 saturated heterocycles. The lowest BCUT2D eigenvalue weighted by Gasteiger charge is -2.25. The largest absolute Gasteiger partial charge is 0.478 e. The van der Waals surface area contributed by atoms with Crippen LogP contribution in [0.3, 0.4) is 0 Å². The van der Waals surface area contributed by atoms with E-state index < -0.39 is 5.97 Å². The first kappa shape index (κ1) is 14.5. The first-order valence-electron chi connectivity index (χ1n) is 6.09. The molecule has 2 aromatic carbocycles. The zero-order valence-electron chi connectivity index (χ0n) is 10.8. The molecule has 104 valence electrons. The van der Waals surface area contributed by atoms with Crippen molar-refractivity contribution in [2.24, 2.45) is 0 Å². The van der Waals surface area contributed by atoms with Crippen LogP contribution in [-0.4, -0.2) is 17.6 Å². The van der Waals surface area contributed by atoms with E-state index in [-0.39, 0.29) is 11.4 Å². The predicted molar refractivity (Wildman–Crippen MR) is 80.2 cm³/mol. The lowest BCUT2D eigenvalue weighted by Crippen LogP contribution is -2.18. The minimum absolute atomic E-state index is 0.185. The SMILES string of the molecule is CCN(c1ccccc1F)c1ccc(C(=O)O)cc1Br. The third-order valence-electron chi connectivity index (χ3n) is 2.94. The summed E-state index contributed by atoms with van der Waals surface area (Å²) in [5.41, 5.74) is 1.37. The number of carboxylic acids is 1. The van der Waals surface area contributed by atoms with Crippen molar-refractivity contribution in [3.63, 3.8) is 0 Å². The van der Waals surface area contributed by atoms with Crippen molar-refractivity contribution in [2.45, 2.75) is 6.92 Å². The molecule has 0 spiro atoms. The molecule has 3 nitrogen and oxygen atoms in total. The van der Waals surface area contributed by atoms with Gasteiger partial charge in [0.05, 0.1) is 16.9 Å². The molecule has 0 heterocycles. The molecule has 1 N–H and O–H groups in total. The van der Waals surface area contributed by atoms with Gasteiger partial charge in [-0.15, -0.1) is 0 Å². The monoisotopic (exact) mass is 337 g/mol. The van der Waals surface area contributed by atoms with Crippen LogP contribution in [0.1, 0.15) is 17.3 Å². The Morgan fingerprint density at radius 2 is 1.95 bits per heavy atom. The van der Waals surface area contributed by atoms with Crippen LogP contribution >= 0.6 is 15.9 Å². The third kappa shape index (κ3) is 2.82. The topological polar surface area (TPSA) is 40.5 Å². The molecule has 0 saturated carbocycles. The molecule has 0 bridgehead atoms. The highest BCUT2D eigenvalue weighted by Crippen LogP contribution is 2.33. The number of halogens is 2. The number of para-hydroxylation sites is 1. The van der Waals surface area contributed by atoms with Gasteiger partial charge >= 0.3 is 5.97 Å². The first-order chi connectivity index (χ1) is 9.54. The fourth-order valence-electron chi connectivity index (χ4n) is 2.00. The average Bonchev–Trinajstić information content (AvgIpc) is 2.43. The van der Waals surface area contributed by atoms with Crippen molar-refractivity contribution in [3.8, 4) is 0 Å². The van der Waals surface area contributed by atoms with E-state index in [2.05, 4.69) is 15.9 Å². The molecular formula is C15H13BrFNO2. The van der Waals surface area contributed by atoms with Crippen LogP contribution in [-0.2, 0) is 0 Å². The Bertz CT molecular complexity index is 646. The zero-order chi connectivity index (χ0) is 14.7. The Kier molecular flexibility index (Phi) is 4.39. The Labute approximate surface area is 124 Å². The summed E-state index contributed by atoms with van der Waals surface area (Å²) in [5.74, 6) is -1.31. The molecule has 0 aliphatic rings. The molecule has 2 rings (SSSR count). The number of carbonyl (C=O) groups is 1. The number of nitrogens with zero attached hydrogens (tertiary/aromatic N) is 1. The maximum atomic E-state index is 13.9. The van der Waals surface area contributed by atoms with E-state index in [1.54, 1.807) is 29.2 Å². The Balaban J connectivity index is 2.48. The maximum absolute atomic E-state index is 13.9. The lowest BCUT2D eigenvalue weighted by molar-refractivity contribution is 0.0697. The van der Waals surface area contributed by atoms with E-state index in [1.165, 1.54) is 18.2 Å². The van der Waals surface area contributed by atoms with Gasteiger partial charge < -0.3 is 10.0 Å². The zero-order valence-corrected chi connectivity index (χ0v) is 12.4. The van der Waals surface area contributed by atoms with E-state index in [0.717, 1.165) is 5.69 Å². The molecule has 0 atom stereocenters. The van der Waals surface area contributed by atoms with Gasteiger partial charge in [-0.3, -0.25) is 0 Å². The van der Waals surface area contributed by atoms with Crippen molar-refractivity contribution < 1.29 is 14.3 Å². The average molecular weight is 338 g/mol. The molecule has 20 heavy (non-hydrogen) atoms. The lowest BCUT2D eigenvalue weighted by atomic mass is 10.1. The van der Waals surface area contributed by atoms with E-state index in [9.17, 15) is 9.18 Å². The van der Waals surface area contributed by atoms with Crippen molar-refractivity contribution in [3.05, 3.63) is 58.3 Å². The summed E-state index contributed by atoms with van der Waals surface area (Å²) in [6, 6.07) is 11.2. The van der Waals surface area contributed by atoms with Crippen molar-refractivity contribution in [1.82, 2.24) is 0 Å². The summed E-state index contributed by atoms with van der Waals surface area (Å²) in [6.07, 6.45) is 0. The molecule has 2 aromatic rings. The van der Waals surface area contributed by atoms with Gasteiger partial charge in [-0.25, -0.2) is 9.18 Å². The summed E-state index contributed by atoms with van der Waals surface area (Å²) >= 11 is 3.35. The van der Waals surface area contributed by atoms with Gasteiger partial charge in [-0.2, -0.15) is 0 Å². The van der Waals surface area contributed by atoms with Gasteiger partial charge in [0, 0.05) is 11.0 Å². The van der Waals surface area contributed by atoms with Crippen molar-refractivity contribution >= 4 is 33.3 Å². The van der Waals surface area contributed by atoms with Gasteiger partial charge in [-0.1, -0.05) is 12.1 Å². The highest BCUT2D eigenvalue weighted by molar-refractivity contribution is 9.10. The number of hydrogen-bond acceptors (Lipinski definition) is 2. The number of benzene rings is 2. The van der Waals surface area contributed by atoms with Crippen LogP contribution in [0.2, 0.25) is 0 Å².